The van der Waals surface area contributed by atoms with Gasteiger partial charge in [-0.15, -0.1) is 0 Å². The number of H-pyrrole nitrogens is 1. The highest BCUT2D eigenvalue weighted by atomic mass is 79.9. The standard InChI is InChI=1S/C14H8Br2N4O4S/c15-8-3-10(16)13-11(4-8)17-14(18-13)25-6-7-1-2-9(19(21)22)5-12(7)20(23)24/h1-5H,6H2,(H,17,18). The Morgan fingerprint density at radius 2 is 1.88 bits per heavy atom. The molecular weight excluding hydrogens is 480 g/mol. The summed E-state index contributed by atoms with van der Waals surface area (Å²) in [7, 11) is 0. The maximum Gasteiger partial charge on any atom is 0.280 e. The second-order valence-electron chi connectivity index (χ2n) is 4.94. The van der Waals surface area contributed by atoms with Crippen LogP contribution in [0.3, 0.4) is 0 Å². The Morgan fingerprint density at radius 1 is 1.12 bits per heavy atom. The summed E-state index contributed by atoms with van der Waals surface area (Å²) in [5.74, 6) is 0.257. The number of benzene rings is 2. The molecule has 1 N–H and O–H groups in total. The second-order valence-corrected chi connectivity index (χ2v) is 7.68. The lowest BCUT2D eigenvalue weighted by Crippen LogP contribution is -1.97. The molecule has 0 saturated heterocycles. The van der Waals surface area contributed by atoms with E-state index in [-0.39, 0.29) is 17.1 Å². The molecule has 3 rings (SSSR count). The molecule has 128 valence electrons. The fraction of sp³-hybridized carbons (Fsp3) is 0.0714. The first-order chi connectivity index (χ1) is 11.8. The molecule has 0 aliphatic heterocycles. The summed E-state index contributed by atoms with van der Waals surface area (Å²) in [5.41, 5.74) is 1.38. The van der Waals surface area contributed by atoms with Gasteiger partial charge in [0.15, 0.2) is 5.16 Å². The molecule has 1 aromatic heterocycles. The van der Waals surface area contributed by atoms with E-state index in [9.17, 15) is 20.2 Å². The Bertz CT molecular complexity index is 1010. The number of hydrogen-bond donors (Lipinski definition) is 1. The SMILES string of the molecule is O=[N+]([O-])c1ccc(CSc2nc3c(Br)cc(Br)cc3[nH]2)c([N+](=O)[O-])c1. The molecule has 3 aromatic rings. The van der Waals surface area contributed by atoms with Crippen molar-refractivity contribution in [1.29, 1.82) is 0 Å². The van der Waals surface area contributed by atoms with Gasteiger partial charge in [0.05, 0.1) is 21.4 Å². The number of aromatic nitrogens is 2. The maximum atomic E-state index is 11.2. The number of nitrogens with one attached hydrogen (secondary N) is 1. The van der Waals surface area contributed by atoms with Crippen LogP contribution in [0.4, 0.5) is 11.4 Å². The third kappa shape index (κ3) is 3.83. The Balaban J connectivity index is 1.87. The van der Waals surface area contributed by atoms with Crippen LogP contribution in [0.5, 0.6) is 0 Å². The summed E-state index contributed by atoms with van der Waals surface area (Å²) in [5, 5.41) is 22.5. The number of thioether (sulfide) groups is 1. The lowest BCUT2D eigenvalue weighted by molar-refractivity contribution is -0.394. The van der Waals surface area contributed by atoms with Gasteiger partial charge in [0, 0.05) is 26.3 Å². The van der Waals surface area contributed by atoms with Gasteiger partial charge in [0.2, 0.25) is 0 Å². The van der Waals surface area contributed by atoms with E-state index in [2.05, 4.69) is 41.8 Å². The summed E-state index contributed by atoms with van der Waals surface area (Å²) in [6.45, 7) is 0. The van der Waals surface area contributed by atoms with Gasteiger partial charge in [-0.05, 0) is 34.1 Å². The monoisotopic (exact) mass is 486 g/mol. The topological polar surface area (TPSA) is 115 Å². The maximum absolute atomic E-state index is 11.2. The summed E-state index contributed by atoms with van der Waals surface area (Å²) in [6, 6.07) is 7.39. The van der Waals surface area contributed by atoms with Crippen molar-refractivity contribution in [3.63, 3.8) is 0 Å². The Kier molecular flexibility index (Phi) is 5.06. The van der Waals surface area contributed by atoms with E-state index in [1.54, 1.807) is 0 Å². The molecule has 0 bridgehead atoms. The van der Waals surface area contributed by atoms with E-state index < -0.39 is 9.85 Å². The van der Waals surface area contributed by atoms with Crippen LogP contribution >= 0.6 is 43.6 Å². The third-order valence-corrected chi connectivity index (χ3v) is 5.31. The summed E-state index contributed by atoms with van der Waals surface area (Å²) >= 11 is 8.11. The van der Waals surface area contributed by atoms with Crippen LogP contribution in [0.25, 0.3) is 11.0 Å². The minimum Gasteiger partial charge on any atom is -0.333 e. The molecule has 0 fully saturated rings. The average Bonchev–Trinajstić information content (AvgIpc) is 2.95. The number of nitro benzene ring substituents is 2. The van der Waals surface area contributed by atoms with E-state index in [0.29, 0.717) is 10.7 Å². The molecule has 1 heterocycles. The van der Waals surface area contributed by atoms with Crippen molar-refractivity contribution >= 4 is 66.0 Å². The van der Waals surface area contributed by atoms with Crippen LogP contribution in [0.2, 0.25) is 0 Å². The minimum atomic E-state index is -0.654. The number of rotatable bonds is 5. The zero-order chi connectivity index (χ0) is 18.1. The second kappa shape index (κ2) is 7.10. The third-order valence-electron chi connectivity index (χ3n) is 3.32. The molecule has 0 saturated carbocycles. The summed E-state index contributed by atoms with van der Waals surface area (Å²) in [4.78, 5) is 28.3. The molecule has 0 spiro atoms. The van der Waals surface area contributed by atoms with Crippen LogP contribution in [0.1, 0.15) is 5.56 Å². The lowest BCUT2D eigenvalue weighted by Gasteiger charge is -2.01. The number of halogens is 2. The van der Waals surface area contributed by atoms with E-state index >= 15 is 0 Å². The van der Waals surface area contributed by atoms with Gasteiger partial charge in [0.25, 0.3) is 11.4 Å². The van der Waals surface area contributed by atoms with Gasteiger partial charge in [-0.3, -0.25) is 20.2 Å². The first-order valence-electron chi connectivity index (χ1n) is 6.74. The van der Waals surface area contributed by atoms with Crippen LogP contribution in [-0.2, 0) is 5.75 Å². The van der Waals surface area contributed by atoms with E-state index in [1.165, 1.54) is 23.9 Å². The van der Waals surface area contributed by atoms with Crippen molar-refractivity contribution in [3.05, 3.63) is 65.1 Å². The van der Waals surface area contributed by atoms with Crippen molar-refractivity contribution in [2.75, 3.05) is 0 Å². The molecule has 0 unspecified atom stereocenters. The highest BCUT2D eigenvalue weighted by Gasteiger charge is 2.20. The number of imidazole rings is 1. The van der Waals surface area contributed by atoms with Crippen LogP contribution in [-0.4, -0.2) is 19.8 Å². The Morgan fingerprint density at radius 3 is 2.56 bits per heavy atom. The van der Waals surface area contributed by atoms with Crippen LogP contribution < -0.4 is 0 Å². The number of non-ortho nitro benzene ring substituents is 1. The Hall–Kier alpha value is -1.98. The van der Waals surface area contributed by atoms with Gasteiger partial charge in [-0.1, -0.05) is 27.7 Å². The number of hydrogen-bond acceptors (Lipinski definition) is 6. The zero-order valence-electron chi connectivity index (χ0n) is 12.2. The fourth-order valence-electron chi connectivity index (χ4n) is 2.19. The predicted molar refractivity (Wildman–Crippen MR) is 101 cm³/mol. The van der Waals surface area contributed by atoms with Crippen molar-refractivity contribution in [3.8, 4) is 0 Å². The average molecular weight is 488 g/mol. The molecule has 8 nitrogen and oxygen atoms in total. The molecule has 2 aromatic carbocycles. The largest absolute Gasteiger partial charge is 0.333 e. The number of nitro groups is 2. The van der Waals surface area contributed by atoms with Crippen LogP contribution in [0.15, 0.2) is 44.4 Å². The molecule has 0 aliphatic rings. The smallest absolute Gasteiger partial charge is 0.280 e. The molecular formula is C14H8Br2N4O4S. The number of aromatic amines is 1. The normalized spacial score (nSPS) is 11.0. The molecule has 11 heteroatoms. The van der Waals surface area contributed by atoms with E-state index in [1.807, 2.05) is 12.1 Å². The van der Waals surface area contributed by atoms with Crippen molar-refractivity contribution in [2.24, 2.45) is 0 Å². The van der Waals surface area contributed by atoms with Gasteiger partial charge in [-0.25, -0.2) is 4.98 Å². The first-order valence-corrected chi connectivity index (χ1v) is 9.31. The zero-order valence-corrected chi connectivity index (χ0v) is 16.2. The first kappa shape index (κ1) is 17.8. The lowest BCUT2D eigenvalue weighted by atomic mass is 10.2. The van der Waals surface area contributed by atoms with Crippen LogP contribution in [0, 0.1) is 20.2 Å². The molecule has 0 radical (unpaired) electrons. The predicted octanol–water partition coefficient (Wildman–Crippen LogP) is 5.20. The van der Waals surface area contributed by atoms with Gasteiger partial charge < -0.3 is 4.98 Å². The van der Waals surface area contributed by atoms with Gasteiger partial charge in [0.1, 0.15) is 5.52 Å². The summed E-state index contributed by atoms with van der Waals surface area (Å²) in [6.07, 6.45) is 0. The van der Waals surface area contributed by atoms with E-state index in [4.69, 9.17) is 0 Å². The molecule has 0 aliphatic carbocycles. The van der Waals surface area contributed by atoms with Gasteiger partial charge >= 0.3 is 0 Å². The minimum absolute atomic E-state index is 0.257. The Labute approximate surface area is 161 Å². The number of fused-ring (bicyclic) bond motifs is 1. The van der Waals surface area contributed by atoms with E-state index in [0.717, 1.165) is 26.0 Å². The fourth-order valence-corrected chi connectivity index (χ4v) is 4.38. The molecule has 0 amide bonds. The summed E-state index contributed by atoms with van der Waals surface area (Å²) < 4.78 is 1.71. The molecule has 25 heavy (non-hydrogen) atoms. The van der Waals surface area contributed by atoms with Gasteiger partial charge in [-0.2, -0.15) is 0 Å². The van der Waals surface area contributed by atoms with Crippen molar-refractivity contribution < 1.29 is 9.85 Å². The quantitative estimate of drug-likeness (QED) is 0.300. The van der Waals surface area contributed by atoms with Crippen molar-refractivity contribution in [2.45, 2.75) is 10.9 Å². The van der Waals surface area contributed by atoms with Crippen molar-refractivity contribution in [1.82, 2.24) is 9.97 Å². The highest BCUT2D eigenvalue weighted by Crippen LogP contribution is 2.32. The molecule has 0 atom stereocenters. The highest BCUT2D eigenvalue weighted by molar-refractivity contribution is 9.11. The number of nitrogens with zero attached hydrogens (tertiary/aromatic N) is 3.